The van der Waals surface area contributed by atoms with Crippen LogP contribution in [0.2, 0.25) is 0 Å². The van der Waals surface area contributed by atoms with Crippen molar-refractivity contribution in [2.45, 2.75) is 38.7 Å². The Morgan fingerprint density at radius 3 is 2.62 bits per heavy atom. The summed E-state index contributed by atoms with van der Waals surface area (Å²) in [5, 5.41) is 2.82. The molecule has 37 heavy (non-hydrogen) atoms. The number of hydrogen-bond acceptors (Lipinski definition) is 8. The van der Waals surface area contributed by atoms with Crippen molar-refractivity contribution >= 4 is 33.0 Å². The highest BCUT2D eigenvalue weighted by molar-refractivity contribution is 7.92. The lowest BCUT2D eigenvalue weighted by Crippen LogP contribution is -2.46. The Morgan fingerprint density at radius 2 is 2.00 bits per heavy atom. The molecule has 0 unspecified atom stereocenters. The maximum Gasteiger partial charge on any atom is 0.404 e. The van der Waals surface area contributed by atoms with Gasteiger partial charge in [-0.15, -0.1) is 11.3 Å². The molecule has 0 saturated carbocycles. The molecular weight excluding hydrogens is 533 g/mol. The van der Waals surface area contributed by atoms with Crippen LogP contribution in [0.25, 0.3) is 0 Å². The number of nitrogens with zero attached hydrogens (tertiary/aromatic N) is 3. The van der Waals surface area contributed by atoms with Gasteiger partial charge in [-0.2, -0.15) is 13.2 Å². The van der Waals surface area contributed by atoms with Gasteiger partial charge in [-0.3, -0.25) is 14.4 Å². The first-order chi connectivity index (χ1) is 17.3. The zero-order valence-electron chi connectivity index (χ0n) is 21.0. The molecule has 1 aromatic heterocycles. The minimum Gasteiger partial charge on any atom is -0.491 e. The predicted molar refractivity (Wildman–Crippen MR) is 134 cm³/mol. The van der Waals surface area contributed by atoms with Crippen molar-refractivity contribution in [3.8, 4) is 5.75 Å². The van der Waals surface area contributed by atoms with Gasteiger partial charge in [-0.1, -0.05) is 6.92 Å². The second-order valence-corrected chi connectivity index (χ2v) is 11.8. The van der Waals surface area contributed by atoms with E-state index in [1.807, 2.05) is 23.9 Å². The number of nitrogens with one attached hydrogen (secondary N) is 1. The number of alkyl halides is 3. The summed E-state index contributed by atoms with van der Waals surface area (Å²) in [6.45, 7) is 5.63. The molecule has 2 aromatic rings. The van der Waals surface area contributed by atoms with Gasteiger partial charge >= 0.3 is 6.18 Å². The number of anilines is 1. The van der Waals surface area contributed by atoms with Crippen molar-refractivity contribution < 1.29 is 35.9 Å². The molecule has 3 atom stereocenters. The van der Waals surface area contributed by atoms with Gasteiger partial charge in [0.25, 0.3) is 5.91 Å². The van der Waals surface area contributed by atoms with Gasteiger partial charge in [-0.25, -0.2) is 13.4 Å². The molecule has 1 aliphatic heterocycles. The number of thiazole rings is 1. The van der Waals surface area contributed by atoms with Gasteiger partial charge in [0.1, 0.15) is 17.4 Å². The summed E-state index contributed by atoms with van der Waals surface area (Å²) in [6, 6.07) is 3.67. The molecule has 3 rings (SSSR count). The van der Waals surface area contributed by atoms with E-state index >= 15 is 0 Å². The van der Waals surface area contributed by atoms with Gasteiger partial charge in [0, 0.05) is 50.9 Å². The monoisotopic (exact) mass is 564 g/mol. The quantitative estimate of drug-likeness (QED) is 0.574. The number of halogens is 3. The van der Waals surface area contributed by atoms with Crippen LogP contribution in [0.4, 0.5) is 18.9 Å². The van der Waals surface area contributed by atoms with E-state index in [0.717, 1.165) is 5.01 Å². The van der Waals surface area contributed by atoms with E-state index in [-0.39, 0.29) is 54.1 Å². The number of aromatic nitrogens is 1. The van der Waals surface area contributed by atoms with Crippen LogP contribution in [-0.2, 0) is 21.3 Å². The second-order valence-electron chi connectivity index (χ2n) is 9.14. The van der Waals surface area contributed by atoms with Crippen LogP contribution in [0, 0.1) is 5.92 Å². The van der Waals surface area contributed by atoms with Gasteiger partial charge in [-0.05, 0) is 25.0 Å². The molecule has 0 radical (unpaired) electrons. The van der Waals surface area contributed by atoms with Gasteiger partial charge in [0.2, 0.25) is 10.0 Å². The van der Waals surface area contributed by atoms with Gasteiger partial charge in [0.15, 0.2) is 5.75 Å². The fourth-order valence-electron chi connectivity index (χ4n) is 4.07. The lowest BCUT2D eigenvalue weighted by molar-refractivity contribution is -0.106. The Hall–Kier alpha value is -2.42. The Bertz CT molecular complexity index is 1160. The number of sulfonamides is 1. The van der Waals surface area contributed by atoms with E-state index in [1.165, 1.54) is 34.4 Å². The first-order valence-electron chi connectivity index (χ1n) is 11.5. The third kappa shape index (κ3) is 8.28. The number of fused-ring (bicyclic) bond motifs is 1. The van der Waals surface area contributed by atoms with E-state index in [2.05, 4.69) is 9.88 Å². The Kier molecular flexibility index (Phi) is 9.42. The summed E-state index contributed by atoms with van der Waals surface area (Å²) in [5.74, 6) is -2.29. The number of likely N-dealkylation sites (N-methyl/N-ethyl adjacent to an activating group) is 1. The standard InChI is InChI=1S/C23H31F3N4O5S2/c1-15-10-30(12-21-27-7-8-36-21)16(2)13-35-19-9-17(28-37(32,33)14-23(24,25)26)5-6-18(19)22(31)29(3)11-20(15)34-4/h5-9,15-16,20,28H,10-14H2,1-4H3/t15-,16-,20-/m1/s1. The molecule has 0 aliphatic carbocycles. The van der Waals surface area contributed by atoms with Crippen LogP contribution >= 0.6 is 11.3 Å². The number of methoxy groups -OCH3 is 1. The van der Waals surface area contributed by atoms with Crippen molar-refractivity contribution in [1.29, 1.82) is 0 Å². The van der Waals surface area contributed by atoms with Crippen molar-refractivity contribution in [2.24, 2.45) is 5.92 Å². The minimum atomic E-state index is -4.90. The van der Waals surface area contributed by atoms with Crippen LogP contribution in [-0.4, -0.2) is 87.0 Å². The summed E-state index contributed by atoms with van der Waals surface area (Å²) in [7, 11) is -1.49. The molecule has 0 spiro atoms. The van der Waals surface area contributed by atoms with Crippen LogP contribution in [0.1, 0.15) is 29.2 Å². The second kappa shape index (κ2) is 12.0. The largest absolute Gasteiger partial charge is 0.491 e. The minimum absolute atomic E-state index is 0.0620. The van der Waals surface area contributed by atoms with E-state index in [0.29, 0.717) is 13.1 Å². The summed E-state index contributed by atoms with van der Waals surface area (Å²) in [4.78, 5) is 21.3. The smallest absolute Gasteiger partial charge is 0.404 e. The highest BCUT2D eigenvalue weighted by atomic mass is 32.2. The van der Waals surface area contributed by atoms with Crippen LogP contribution in [0.5, 0.6) is 5.75 Å². The van der Waals surface area contributed by atoms with E-state index in [9.17, 15) is 26.4 Å². The molecule has 1 amide bonds. The maximum absolute atomic E-state index is 13.2. The fraction of sp³-hybridized carbons (Fsp3) is 0.565. The number of carbonyl (C=O) groups is 1. The van der Waals surface area contributed by atoms with Crippen LogP contribution in [0.3, 0.4) is 0 Å². The Balaban J connectivity index is 1.94. The zero-order chi connectivity index (χ0) is 27.4. The van der Waals surface area contributed by atoms with Crippen molar-refractivity contribution in [3.05, 3.63) is 40.3 Å². The Morgan fingerprint density at radius 1 is 1.27 bits per heavy atom. The molecule has 0 bridgehead atoms. The van der Waals surface area contributed by atoms with Crippen LogP contribution < -0.4 is 9.46 Å². The lowest BCUT2D eigenvalue weighted by atomic mass is 10.0. The van der Waals surface area contributed by atoms with E-state index in [4.69, 9.17) is 9.47 Å². The highest BCUT2D eigenvalue weighted by Crippen LogP contribution is 2.28. The molecule has 206 valence electrons. The van der Waals surface area contributed by atoms with E-state index in [1.54, 1.807) is 20.4 Å². The highest BCUT2D eigenvalue weighted by Gasteiger charge is 2.35. The van der Waals surface area contributed by atoms with Gasteiger partial charge < -0.3 is 14.4 Å². The number of hydrogen-bond donors (Lipinski definition) is 1. The normalized spacial score (nSPS) is 22.5. The number of benzene rings is 1. The third-order valence-corrected chi connectivity index (χ3v) is 8.04. The Labute approximate surface area is 218 Å². The summed E-state index contributed by atoms with van der Waals surface area (Å²) < 4.78 is 75.6. The molecule has 14 heteroatoms. The lowest BCUT2D eigenvalue weighted by Gasteiger charge is -2.35. The molecular formula is C23H31F3N4O5S2. The summed E-state index contributed by atoms with van der Waals surface area (Å²) in [5.41, 5.74) is 0.0178. The fourth-order valence-corrected chi connectivity index (χ4v) is 5.70. The van der Waals surface area contributed by atoms with Crippen molar-refractivity contribution in [3.63, 3.8) is 0 Å². The first-order valence-corrected chi connectivity index (χ1v) is 14.1. The number of ether oxygens (including phenoxy) is 2. The van der Waals surface area contributed by atoms with Crippen molar-refractivity contribution in [2.75, 3.05) is 44.3 Å². The summed E-state index contributed by atoms with van der Waals surface area (Å²) >= 11 is 1.53. The molecule has 0 fully saturated rings. The SMILES string of the molecule is CO[C@@H]1CN(C)C(=O)c2ccc(NS(=O)(=O)CC(F)(F)F)cc2OC[C@@H](C)N(Cc2nccs2)C[C@H]1C. The molecule has 9 nitrogen and oxygen atoms in total. The number of rotatable bonds is 6. The van der Waals surface area contributed by atoms with E-state index < -0.39 is 22.0 Å². The third-order valence-electron chi connectivity index (χ3n) is 6.02. The molecule has 0 saturated heterocycles. The molecule has 2 heterocycles. The number of amides is 1. The molecule has 1 aliphatic rings. The van der Waals surface area contributed by atoms with Gasteiger partial charge in [0.05, 0.1) is 23.9 Å². The van der Waals surface area contributed by atoms with Crippen LogP contribution in [0.15, 0.2) is 29.8 Å². The average Bonchev–Trinajstić information content (AvgIpc) is 3.30. The predicted octanol–water partition coefficient (Wildman–Crippen LogP) is 3.45. The molecule has 1 N–H and O–H groups in total. The average molecular weight is 565 g/mol. The summed E-state index contributed by atoms with van der Waals surface area (Å²) in [6.07, 6.45) is -3.43. The number of carbonyl (C=O) groups excluding carboxylic acids is 1. The van der Waals surface area contributed by atoms with Crippen molar-refractivity contribution in [1.82, 2.24) is 14.8 Å². The molecule has 1 aromatic carbocycles. The first kappa shape index (κ1) is 29.1. The topological polar surface area (TPSA) is 101 Å². The maximum atomic E-state index is 13.2. The zero-order valence-corrected chi connectivity index (χ0v) is 22.6.